The monoisotopic (exact) mass is 1620 g/mol. The highest BCUT2D eigenvalue weighted by Gasteiger charge is 2.29. The number of phosphoric acid groups is 2. The fraction of sp³-hybridized carbons (Fsp3) is 0.653. The molecule has 644 valence electrons. The summed E-state index contributed by atoms with van der Waals surface area (Å²) in [7, 11) is -9.81. The molecule has 0 aliphatic carbocycles. The van der Waals surface area contributed by atoms with Gasteiger partial charge in [0.25, 0.3) is 0 Å². The molecule has 0 bridgehead atoms. The third-order valence-electron chi connectivity index (χ3n) is 18.1. The van der Waals surface area contributed by atoms with E-state index in [0.717, 1.165) is 212 Å². The molecule has 0 spiro atoms. The van der Waals surface area contributed by atoms with E-state index >= 15 is 0 Å². The summed E-state index contributed by atoms with van der Waals surface area (Å²) in [5.74, 6) is -1.60. The van der Waals surface area contributed by atoms with Gasteiger partial charge in [-0.15, -0.1) is 0 Å². The van der Waals surface area contributed by atoms with E-state index in [1.165, 1.54) is 70.6 Å². The summed E-state index contributed by atoms with van der Waals surface area (Å²) in [6, 6.07) is 0. The van der Waals surface area contributed by atoms with E-state index in [0.29, 0.717) is 19.3 Å². The summed E-state index contributed by atoms with van der Waals surface area (Å²) < 4.78 is 61.4. The fourth-order valence-corrected chi connectivity index (χ4v) is 13.1. The zero-order valence-electron chi connectivity index (χ0n) is 70.7. The van der Waals surface area contributed by atoms with Crippen molar-refractivity contribution < 1.29 is 75.8 Å². The predicted molar refractivity (Wildman–Crippen MR) is 472 cm³/mol. The van der Waals surface area contributed by atoms with Crippen molar-refractivity contribution in [2.24, 2.45) is 0 Å². The van der Waals surface area contributed by atoms with Crippen LogP contribution in [0.15, 0.2) is 182 Å². The number of phosphoric ester groups is 2. The Morgan fingerprint density at radius 1 is 0.248 bits per heavy atom. The molecule has 0 heterocycles. The van der Waals surface area contributed by atoms with E-state index in [1.807, 2.05) is 0 Å². The van der Waals surface area contributed by atoms with Gasteiger partial charge in [-0.05, 0) is 154 Å². The number of hydrogen-bond donors (Lipinski definition) is 4. The van der Waals surface area contributed by atoms with E-state index in [2.05, 4.69) is 203 Å². The summed E-state index contributed by atoms with van der Waals surface area (Å²) in [6.07, 6.45) is 112. The highest BCUT2D eigenvalue weighted by atomic mass is 31.2. The summed E-state index contributed by atoms with van der Waals surface area (Å²) in [5, 5.41) is 20.7. The number of hydrogen-bond acceptors (Lipinski definition) is 14. The van der Waals surface area contributed by atoms with Gasteiger partial charge >= 0.3 is 33.6 Å². The lowest BCUT2D eigenvalue weighted by atomic mass is 10.0. The summed E-state index contributed by atoms with van der Waals surface area (Å²) in [6.45, 7) is 2.34. The van der Waals surface area contributed by atoms with Gasteiger partial charge in [0.15, 0.2) is 6.10 Å². The van der Waals surface area contributed by atoms with Crippen LogP contribution >= 0.6 is 15.6 Å². The van der Waals surface area contributed by atoms with Crippen molar-refractivity contribution in [3.63, 3.8) is 0 Å². The second kappa shape index (κ2) is 86.0. The molecular formula is C95H158O16P2. The summed E-state index contributed by atoms with van der Waals surface area (Å²) in [4.78, 5) is 58.9. The van der Waals surface area contributed by atoms with Gasteiger partial charge in [-0.3, -0.25) is 32.5 Å². The first-order valence-corrected chi connectivity index (χ1v) is 47.1. The van der Waals surface area contributed by atoms with Gasteiger partial charge in [-0.1, -0.05) is 351 Å². The third kappa shape index (κ3) is 87.3. The molecule has 5 atom stereocenters. The molecular weight excluding hydrogens is 1460 g/mol. The number of carbonyl (C=O) groups is 3. The van der Waals surface area contributed by atoms with E-state index in [1.54, 1.807) is 0 Å². The van der Waals surface area contributed by atoms with Gasteiger partial charge in [0.05, 0.1) is 26.4 Å². The number of aliphatic hydroxyl groups excluding tert-OH is 2. The van der Waals surface area contributed by atoms with E-state index in [4.69, 9.17) is 32.3 Å². The lowest BCUT2D eigenvalue weighted by Crippen LogP contribution is -2.30. The number of esters is 3. The second-order valence-corrected chi connectivity index (χ2v) is 31.8. The van der Waals surface area contributed by atoms with Crippen LogP contribution in [0.1, 0.15) is 342 Å². The lowest BCUT2D eigenvalue weighted by molar-refractivity contribution is -0.161. The fourth-order valence-electron chi connectivity index (χ4n) is 11.5. The van der Waals surface area contributed by atoms with Crippen molar-refractivity contribution in [3.8, 4) is 0 Å². The Morgan fingerprint density at radius 3 is 0.699 bits per heavy atom. The Labute approximate surface area is 687 Å². The van der Waals surface area contributed by atoms with Crippen molar-refractivity contribution in [3.05, 3.63) is 182 Å². The Bertz CT molecular complexity index is 2780. The minimum atomic E-state index is -4.95. The van der Waals surface area contributed by atoms with Crippen molar-refractivity contribution in [2.45, 2.75) is 360 Å². The summed E-state index contributed by atoms with van der Waals surface area (Å²) >= 11 is 0. The molecule has 18 heteroatoms. The molecule has 16 nitrogen and oxygen atoms in total. The highest BCUT2D eigenvalue weighted by Crippen LogP contribution is 2.45. The molecule has 5 unspecified atom stereocenters. The second-order valence-electron chi connectivity index (χ2n) is 28.9. The molecule has 0 aliphatic heterocycles. The number of carbonyl (C=O) groups excluding carboxylic acids is 3. The van der Waals surface area contributed by atoms with E-state index in [-0.39, 0.29) is 19.3 Å². The van der Waals surface area contributed by atoms with Crippen molar-refractivity contribution in [1.29, 1.82) is 0 Å². The maximum atomic E-state index is 13.0. The Kier molecular flexibility index (Phi) is 81.9. The highest BCUT2D eigenvalue weighted by molar-refractivity contribution is 7.47. The average molecular weight is 1620 g/mol. The number of aliphatic hydroxyl groups is 2. The van der Waals surface area contributed by atoms with Crippen molar-refractivity contribution in [1.82, 2.24) is 0 Å². The van der Waals surface area contributed by atoms with Crippen LogP contribution < -0.4 is 0 Å². The SMILES string of the molecule is CC/C=C\C/C=C\C/C=C\C/C=C\C/C=C\C/C=C\CCCCCCCCCCCCCCCCC(=O)OCC(O)COP(=O)(O)OCC(O)COP(=O)(O)OCC(COC(=O)CCCCCCCCCC/C=C\C/C=C\C/C=C\C/C=C\C/C=C\C/C=C\CC)OC(=O)CCCCCCCCC/C=C\C/C=C\C/C=C\CC. The lowest BCUT2D eigenvalue weighted by Gasteiger charge is -2.21. The maximum Gasteiger partial charge on any atom is 0.472 e. The molecule has 0 saturated carbocycles. The van der Waals surface area contributed by atoms with Gasteiger partial charge < -0.3 is 34.2 Å². The number of rotatable bonds is 82. The van der Waals surface area contributed by atoms with Crippen LogP contribution in [-0.4, -0.2) is 95.9 Å². The van der Waals surface area contributed by atoms with Crippen LogP contribution in [0.3, 0.4) is 0 Å². The average Bonchev–Trinajstić information content (AvgIpc) is 0.900. The zero-order valence-corrected chi connectivity index (χ0v) is 72.5. The van der Waals surface area contributed by atoms with Gasteiger partial charge in [-0.2, -0.15) is 0 Å². The molecule has 0 fully saturated rings. The molecule has 0 rings (SSSR count). The quantitative estimate of drug-likeness (QED) is 0.0146. The van der Waals surface area contributed by atoms with Crippen LogP contribution in [-0.2, 0) is 55.8 Å². The maximum absolute atomic E-state index is 13.0. The number of allylic oxidation sites excluding steroid dienone is 30. The molecule has 113 heavy (non-hydrogen) atoms. The molecule has 0 aliphatic rings. The molecule has 0 aromatic carbocycles. The van der Waals surface area contributed by atoms with E-state index < -0.39 is 91.5 Å². The first-order chi connectivity index (χ1) is 55.2. The molecule has 0 aromatic rings. The predicted octanol–water partition coefficient (Wildman–Crippen LogP) is 26.9. The van der Waals surface area contributed by atoms with Gasteiger partial charge in [0.1, 0.15) is 25.4 Å². The van der Waals surface area contributed by atoms with Crippen LogP contribution in [0, 0.1) is 0 Å². The van der Waals surface area contributed by atoms with Crippen LogP contribution in [0.5, 0.6) is 0 Å². The molecule has 0 saturated heterocycles. The summed E-state index contributed by atoms with van der Waals surface area (Å²) in [5.41, 5.74) is 0. The topological polar surface area (TPSA) is 231 Å². The standard InChI is InChI=1S/C95H158O16P2/c1-4-7-10-13-16-19-22-25-28-31-33-35-37-39-41-42-43-44-45-46-48-50-51-53-55-58-60-63-66-69-72-75-78-81-93(98)105-84-90(96)85-107-112(101,102)108-86-91(97)87-109-113(103,104)110-89-92(111-95(100)83-80-77-74-71-68-65-62-57-30-27-24-21-18-15-12-9-6-3)88-106-94(99)82-79-76-73-70-67-64-61-59-56-54-52-49-47-40-38-36-34-32-29-26-23-20-17-14-11-8-5-2/h7-12,16-21,25-30,33-36,39-41,43-44,47,52,54,90-92,96-97H,4-6,13-15,22-24,31-32,37-38,42,45-46,48-51,53,55-89H2,1-3H3,(H,101,102)(H,103,104)/b10-7-,11-8-,12-9-,19-16-,20-17-,21-18-,28-25-,29-26-,30-27-,35-33-,36-34-,41-39-,44-43-,47-40-,54-52-. The van der Waals surface area contributed by atoms with Crippen LogP contribution in [0.2, 0.25) is 0 Å². The van der Waals surface area contributed by atoms with Gasteiger partial charge in [0.2, 0.25) is 0 Å². The first kappa shape index (κ1) is 108. The van der Waals surface area contributed by atoms with Crippen molar-refractivity contribution in [2.75, 3.05) is 39.6 Å². The molecule has 0 amide bonds. The Morgan fingerprint density at radius 2 is 0.442 bits per heavy atom. The van der Waals surface area contributed by atoms with Crippen LogP contribution in [0.4, 0.5) is 0 Å². The van der Waals surface area contributed by atoms with Gasteiger partial charge in [-0.25, -0.2) is 9.13 Å². The third-order valence-corrected chi connectivity index (χ3v) is 20.0. The van der Waals surface area contributed by atoms with Gasteiger partial charge in [0, 0.05) is 19.3 Å². The Balaban J connectivity index is 4.54. The largest absolute Gasteiger partial charge is 0.472 e. The number of unbranched alkanes of at least 4 members (excludes halogenated alkanes) is 29. The number of ether oxygens (including phenoxy) is 3. The smallest absolute Gasteiger partial charge is 0.463 e. The minimum Gasteiger partial charge on any atom is -0.463 e. The molecule has 0 radical (unpaired) electrons. The molecule has 4 N–H and O–H groups in total. The van der Waals surface area contributed by atoms with E-state index in [9.17, 15) is 43.5 Å². The molecule has 0 aromatic heterocycles. The first-order valence-electron chi connectivity index (χ1n) is 44.1. The normalized spacial score (nSPS) is 14.7. The van der Waals surface area contributed by atoms with Crippen molar-refractivity contribution >= 4 is 33.6 Å². The Hall–Kier alpha value is -5.35. The zero-order chi connectivity index (χ0) is 82.2. The minimum absolute atomic E-state index is 0.0863. The van der Waals surface area contributed by atoms with Crippen LogP contribution in [0.25, 0.3) is 0 Å².